The number of aryl methyl sites for hydroxylation is 1. The van der Waals surface area contributed by atoms with Crippen molar-refractivity contribution in [1.29, 1.82) is 5.26 Å². The van der Waals surface area contributed by atoms with E-state index in [4.69, 9.17) is 5.26 Å². The fourth-order valence-electron chi connectivity index (χ4n) is 2.54. The smallest absolute Gasteiger partial charge is 0.271 e. The lowest BCUT2D eigenvalue weighted by molar-refractivity contribution is -0.670. The van der Waals surface area contributed by atoms with E-state index in [-0.39, 0.29) is 17.0 Å². The molecule has 28 heavy (non-hydrogen) atoms. The molecule has 0 aliphatic carbocycles. The predicted molar refractivity (Wildman–Crippen MR) is 100 cm³/mol. The van der Waals surface area contributed by atoms with Gasteiger partial charge in [0.25, 0.3) is 11.5 Å². The Labute approximate surface area is 160 Å². The van der Waals surface area contributed by atoms with E-state index in [1.165, 1.54) is 19.3 Å². The van der Waals surface area contributed by atoms with Gasteiger partial charge in [-0.1, -0.05) is 0 Å². The summed E-state index contributed by atoms with van der Waals surface area (Å²) < 4.78 is 4.75. The number of aromatic nitrogens is 3. The van der Waals surface area contributed by atoms with E-state index >= 15 is 0 Å². The molecule has 0 bridgehead atoms. The molecule has 2 aromatic heterocycles. The van der Waals surface area contributed by atoms with Crippen LogP contribution >= 0.6 is 0 Å². The fraction of sp³-hybridized carbons (Fsp3) is 0.105. The first-order chi connectivity index (χ1) is 13.4. The highest BCUT2D eigenvalue weighted by molar-refractivity contribution is 5.95. The maximum Gasteiger partial charge on any atom is 0.271 e. The minimum atomic E-state index is -0.613. The first-order valence-corrected chi connectivity index (χ1v) is 8.21. The molecule has 9 heteroatoms. The van der Waals surface area contributed by atoms with Gasteiger partial charge in [0.05, 0.1) is 18.8 Å². The summed E-state index contributed by atoms with van der Waals surface area (Å²) in [7, 11) is 3.25. The van der Waals surface area contributed by atoms with Gasteiger partial charge in [-0.2, -0.15) is 10.4 Å². The van der Waals surface area contributed by atoms with Gasteiger partial charge in [0.2, 0.25) is 12.2 Å². The van der Waals surface area contributed by atoms with Crippen molar-refractivity contribution in [2.45, 2.75) is 0 Å². The van der Waals surface area contributed by atoms with Gasteiger partial charge in [0.1, 0.15) is 29.7 Å². The van der Waals surface area contributed by atoms with Crippen LogP contribution in [0, 0.1) is 11.3 Å². The van der Waals surface area contributed by atoms with Crippen LogP contribution in [0.3, 0.4) is 0 Å². The summed E-state index contributed by atoms with van der Waals surface area (Å²) in [4.78, 5) is 23.9. The van der Waals surface area contributed by atoms with Crippen LogP contribution in [0.25, 0.3) is 5.69 Å². The molecule has 0 aliphatic heterocycles. The number of rotatable bonds is 4. The van der Waals surface area contributed by atoms with Gasteiger partial charge >= 0.3 is 0 Å². The zero-order valence-corrected chi connectivity index (χ0v) is 15.2. The summed E-state index contributed by atoms with van der Waals surface area (Å²) >= 11 is 0. The number of benzene rings is 1. The number of hydrogen-bond acceptors (Lipinski definition) is 5. The molecular formula is C19H17N6O3+. The molecule has 2 heterocycles. The summed E-state index contributed by atoms with van der Waals surface area (Å²) in [6.45, 7) is 0. The van der Waals surface area contributed by atoms with E-state index in [1.54, 1.807) is 30.3 Å². The van der Waals surface area contributed by atoms with E-state index in [1.807, 2.05) is 34.9 Å². The van der Waals surface area contributed by atoms with Gasteiger partial charge in [0.15, 0.2) is 0 Å². The molecular weight excluding hydrogens is 360 g/mol. The molecule has 0 fully saturated rings. The number of hydrogen-bond donors (Lipinski definition) is 2. The largest absolute Gasteiger partial charge is 0.494 e. The molecule has 0 radical (unpaired) electrons. The quantitative estimate of drug-likeness (QED) is 0.387. The number of carbonyl (C=O) groups is 1. The topological polar surface area (TPSA) is 116 Å². The number of nitrogens with zero attached hydrogens (tertiary/aromatic N) is 5. The minimum absolute atomic E-state index is 0.134. The molecule has 3 aromatic rings. The van der Waals surface area contributed by atoms with Crippen LogP contribution in [0.4, 0.5) is 0 Å². The van der Waals surface area contributed by atoms with Gasteiger partial charge in [-0.05, 0) is 30.3 Å². The lowest BCUT2D eigenvalue weighted by atomic mass is 10.2. The number of hydrazone groups is 1. The van der Waals surface area contributed by atoms with Crippen LogP contribution in [-0.4, -0.2) is 26.4 Å². The molecule has 1 amide bonds. The molecule has 0 atom stereocenters. The number of aromatic hydroxyl groups is 1. The van der Waals surface area contributed by atoms with E-state index in [2.05, 4.69) is 10.5 Å². The van der Waals surface area contributed by atoms with Crippen molar-refractivity contribution in [2.24, 2.45) is 19.2 Å². The molecule has 1 aromatic carbocycles. The normalized spacial score (nSPS) is 10.8. The van der Waals surface area contributed by atoms with Crippen LogP contribution in [-0.2, 0) is 14.1 Å². The van der Waals surface area contributed by atoms with Crippen molar-refractivity contribution in [1.82, 2.24) is 14.6 Å². The fourth-order valence-corrected chi connectivity index (χ4v) is 2.54. The summed E-state index contributed by atoms with van der Waals surface area (Å²) in [6.07, 6.45) is 6.87. The maximum atomic E-state index is 12.2. The van der Waals surface area contributed by atoms with Gasteiger partial charge in [-0.25, -0.2) is 14.6 Å². The molecule has 3 rings (SSSR count). The second-order valence-electron chi connectivity index (χ2n) is 6.05. The Hall–Kier alpha value is -4.19. The van der Waals surface area contributed by atoms with Gasteiger partial charge in [-0.3, -0.25) is 14.2 Å². The van der Waals surface area contributed by atoms with E-state index in [0.717, 1.165) is 10.3 Å². The lowest BCUT2D eigenvalue weighted by Gasteiger charge is -2.05. The molecule has 0 spiro atoms. The second-order valence-corrected chi connectivity index (χ2v) is 6.05. The molecule has 0 saturated carbocycles. The molecule has 0 saturated heterocycles. The van der Waals surface area contributed by atoms with Crippen molar-refractivity contribution < 1.29 is 14.5 Å². The number of amides is 1. The monoisotopic (exact) mass is 377 g/mol. The Morgan fingerprint density at radius 3 is 2.68 bits per heavy atom. The minimum Gasteiger partial charge on any atom is -0.494 e. The van der Waals surface area contributed by atoms with Crippen molar-refractivity contribution in [3.8, 4) is 17.6 Å². The summed E-state index contributed by atoms with van der Waals surface area (Å²) in [5.74, 6) is -0.795. The van der Waals surface area contributed by atoms with E-state index < -0.39 is 11.5 Å². The first-order valence-electron chi connectivity index (χ1n) is 8.21. The van der Waals surface area contributed by atoms with Crippen molar-refractivity contribution in [3.05, 3.63) is 76.1 Å². The molecule has 0 unspecified atom stereocenters. The van der Waals surface area contributed by atoms with Gasteiger partial charge in [0, 0.05) is 12.6 Å². The number of nitriles is 1. The zero-order chi connectivity index (χ0) is 20.3. The van der Waals surface area contributed by atoms with Crippen LogP contribution in [0.15, 0.2) is 58.9 Å². The van der Waals surface area contributed by atoms with E-state index in [0.29, 0.717) is 5.56 Å². The SMILES string of the molecule is Cn1c(O)c(/C=N/NC(=O)c2ccc(-n3cc[n+](C)c3)cc2)cc(C#N)c1=O. The third-order valence-electron chi connectivity index (χ3n) is 4.10. The van der Waals surface area contributed by atoms with Gasteiger partial charge in [-0.15, -0.1) is 0 Å². The Bertz CT molecular complexity index is 1170. The maximum absolute atomic E-state index is 12.2. The van der Waals surface area contributed by atoms with Crippen molar-refractivity contribution in [2.75, 3.05) is 0 Å². The summed E-state index contributed by atoms with van der Waals surface area (Å²) in [5.41, 5.74) is 3.04. The summed E-state index contributed by atoms with van der Waals surface area (Å²) in [5, 5.41) is 22.7. The number of pyridine rings is 1. The second kappa shape index (κ2) is 7.59. The van der Waals surface area contributed by atoms with E-state index in [9.17, 15) is 14.7 Å². The number of imidazole rings is 1. The molecule has 0 aliphatic rings. The van der Waals surface area contributed by atoms with Gasteiger partial charge < -0.3 is 5.11 Å². The Balaban J connectivity index is 1.73. The Morgan fingerprint density at radius 1 is 1.36 bits per heavy atom. The van der Waals surface area contributed by atoms with Crippen molar-refractivity contribution in [3.63, 3.8) is 0 Å². The van der Waals surface area contributed by atoms with Crippen LogP contribution < -0.4 is 15.6 Å². The van der Waals surface area contributed by atoms with Crippen LogP contribution in [0.1, 0.15) is 21.5 Å². The predicted octanol–water partition coefficient (Wildman–Crippen LogP) is 0.342. The standard InChI is InChI=1S/C19H16N6O3/c1-23-7-8-25(12-23)16-5-3-13(4-6-16)17(26)22-21-11-15-9-14(10-20)18(27)24(2)19(15)28/h3-9,11-12H,1-2H3,(H-,21,22,26,27,28)/p+1. The highest BCUT2D eigenvalue weighted by Gasteiger charge is 2.11. The Morgan fingerprint density at radius 2 is 2.07 bits per heavy atom. The highest BCUT2D eigenvalue weighted by Crippen LogP contribution is 2.12. The van der Waals surface area contributed by atoms with Crippen LogP contribution in [0.5, 0.6) is 5.88 Å². The van der Waals surface area contributed by atoms with Crippen LogP contribution in [0.2, 0.25) is 0 Å². The average molecular weight is 377 g/mol. The Kier molecular flexibility index (Phi) is 5.04. The third kappa shape index (κ3) is 3.66. The molecule has 2 N–H and O–H groups in total. The molecule has 9 nitrogen and oxygen atoms in total. The zero-order valence-electron chi connectivity index (χ0n) is 15.2. The lowest BCUT2D eigenvalue weighted by Crippen LogP contribution is -2.23. The number of nitrogens with one attached hydrogen (secondary N) is 1. The summed E-state index contributed by atoms with van der Waals surface area (Å²) in [6, 6.07) is 9.89. The number of carbonyl (C=O) groups excluding carboxylic acids is 1. The average Bonchev–Trinajstić information content (AvgIpc) is 3.14. The first kappa shape index (κ1) is 18.6. The molecule has 140 valence electrons. The third-order valence-corrected chi connectivity index (χ3v) is 4.10. The van der Waals surface area contributed by atoms with Crippen molar-refractivity contribution >= 4 is 12.1 Å². The highest BCUT2D eigenvalue weighted by atomic mass is 16.3.